The molecule has 0 radical (unpaired) electrons. The number of rotatable bonds is 1. The molecule has 0 aliphatic heterocycles. The Kier molecular flexibility index (Phi) is 2.88. The van der Waals surface area contributed by atoms with Gasteiger partial charge in [-0.25, -0.2) is 4.99 Å². The highest BCUT2D eigenvalue weighted by molar-refractivity contribution is 6.18. The van der Waals surface area contributed by atoms with Crippen molar-refractivity contribution in [1.29, 1.82) is 0 Å². The van der Waals surface area contributed by atoms with Crippen LogP contribution in [-0.4, -0.2) is 18.5 Å². The molecule has 0 unspecified atom stereocenters. The Labute approximate surface area is 89.4 Å². The molecule has 0 heterocycles. The van der Waals surface area contributed by atoms with Crippen molar-refractivity contribution in [2.45, 2.75) is 0 Å². The molecule has 1 aromatic carbocycles. The Morgan fingerprint density at radius 2 is 1.40 bits per heavy atom. The van der Waals surface area contributed by atoms with Gasteiger partial charge in [-0.2, -0.15) is 0 Å². The second kappa shape index (κ2) is 4.51. The number of nitrogens with zero attached hydrogens (tertiary/aromatic N) is 2. The lowest BCUT2D eigenvalue weighted by Crippen LogP contribution is -1.99. The van der Waals surface area contributed by atoms with Crippen LogP contribution in [0.5, 0.6) is 0 Å². The molecule has 2 heteroatoms. The standard InChI is InChI=1S/C13H12N2/c1-14-11-7-9-13(10-8-11)15-12-5-3-2-4-6-12/h2-10H,1H3. The number of hydrogen-bond acceptors (Lipinski definition) is 2. The summed E-state index contributed by atoms with van der Waals surface area (Å²) in [5.41, 5.74) is 2.90. The highest BCUT2D eigenvalue weighted by atomic mass is 14.7. The van der Waals surface area contributed by atoms with Crippen molar-refractivity contribution in [2.75, 3.05) is 7.05 Å². The van der Waals surface area contributed by atoms with E-state index in [1.807, 2.05) is 54.6 Å². The van der Waals surface area contributed by atoms with E-state index in [0.29, 0.717) is 0 Å². The maximum atomic E-state index is 4.47. The predicted octanol–water partition coefficient (Wildman–Crippen LogP) is 2.96. The monoisotopic (exact) mass is 196 g/mol. The molecule has 0 amide bonds. The second-order valence-corrected chi connectivity index (χ2v) is 3.19. The van der Waals surface area contributed by atoms with Crippen molar-refractivity contribution >= 4 is 17.1 Å². The van der Waals surface area contributed by atoms with Gasteiger partial charge in [0.05, 0.1) is 17.1 Å². The summed E-state index contributed by atoms with van der Waals surface area (Å²) in [5.74, 6) is 0. The third-order valence-electron chi connectivity index (χ3n) is 2.12. The number of hydrogen-bond donors (Lipinski definition) is 0. The molecule has 0 N–H and O–H groups in total. The highest BCUT2D eigenvalue weighted by Crippen LogP contribution is 2.11. The molecule has 0 atom stereocenters. The van der Waals surface area contributed by atoms with E-state index >= 15 is 0 Å². The van der Waals surface area contributed by atoms with Crippen molar-refractivity contribution < 1.29 is 0 Å². The fourth-order valence-electron chi connectivity index (χ4n) is 1.33. The number of benzene rings is 1. The molecule has 1 aliphatic carbocycles. The second-order valence-electron chi connectivity index (χ2n) is 3.19. The molecule has 2 nitrogen and oxygen atoms in total. The van der Waals surface area contributed by atoms with Crippen LogP contribution < -0.4 is 0 Å². The van der Waals surface area contributed by atoms with Crippen LogP contribution in [0.15, 0.2) is 64.6 Å². The SMILES string of the molecule is CN=C1C=CC(=Nc2ccccc2)C=C1. The predicted molar refractivity (Wildman–Crippen MR) is 65.2 cm³/mol. The van der Waals surface area contributed by atoms with E-state index in [9.17, 15) is 0 Å². The minimum atomic E-state index is 0.952. The zero-order valence-electron chi connectivity index (χ0n) is 8.59. The zero-order valence-corrected chi connectivity index (χ0v) is 8.59. The fraction of sp³-hybridized carbons (Fsp3) is 0.0769. The zero-order chi connectivity index (χ0) is 10.5. The van der Waals surface area contributed by atoms with E-state index in [1.54, 1.807) is 7.05 Å². The minimum absolute atomic E-state index is 0.952. The van der Waals surface area contributed by atoms with Crippen LogP contribution in [-0.2, 0) is 0 Å². The molecule has 2 rings (SSSR count). The van der Waals surface area contributed by atoms with E-state index in [-0.39, 0.29) is 0 Å². The Balaban J connectivity index is 2.22. The number of para-hydroxylation sites is 1. The Hall–Kier alpha value is -1.96. The fourth-order valence-corrected chi connectivity index (χ4v) is 1.33. The summed E-state index contributed by atoms with van der Waals surface area (Å²) in [7, 11) is 1.78. The summed E-state index contributed by atoms with van der Waals surface area (Å²) in [4.78, 5) is 8.55. The lowest BCUT2D eigenvalue weighted by atomic mass is 10.1. The third kappa shape index (κ3) is 2.50. The molecule has 0 spiro atoms. The van der Waals surface area contributed by atoms with Gasteiger partial charge in [0, 0.05) is 7.05 Å². The van der Waals surface area contributed by atoms with Gasteiger partial charge in [0.2, 0.25) is 0 Å². The van der Waals surface area contributed by atoms with E-state index in [4.69, 9.17) is 0 Å². The minimum Gasteiger partial charge on any atom is -0.289 e. The van der Waals surface area contributed by atoms with Crippen molar-refractivity contribution in [3.8, 4) is 0 Å². The summed E-state index contributed by atoms with van der Waals surface area (Å²) in [6, 6.07) is 9.91. The molecule has 0 aromatic heterocycles. The summed E-state index contributed by atoms with van der Waals surface area (Å²) >= 11 is 0. The van der Waals surface area contributed by atoms with Gasteiger partial charge in [0.1, 0.15) is 0 Å². The Bertz CT molecular complexity index is 433. The van der Waals surface area contributed by atoms with Crippen molar-refractivity contribution in [1.82, 2.24) is 0 Å². The van der Waals surface area contributed by atoms with Crippen LogP contribution >= 0.6 is 0 Å². The maximum Gasteiger partial charge on any atom is 0.0638 e. The van der Waals surface area contributed by atoms with Crippen molar-refractivity contribution in [3.05, 3.63) is 54.6 Å². The Morgan fingerprint density at radius 1 is 0.800 bits per heavy atom. The number of allylic oxidation sites excluding steroid dienone is 4. The van der Waals surface area contributed by atoms with Gasteiger partial charge in [0.25, 0.3) is 0 Å². The van der Waals surface area contributed by atoms with Crippen LogP contribution in [0.2, 0.25) is 0 Å². The van der Waals surface area contributed by atoms with E-state index < -0.39 is 0 Å². The van der Waals surface area contributed by atoms with Crippen LogP contribution in [0, 0.1) is 0 Å². The largest absolute Gasteiger partial charge is 0.289 e. The van der Waals surface area contributed by atoms with Gasteiger partial charge in [0.15, 0.2) is 0 Å². The van der Waals surface area contributed by atoms with Crippen LogP contribution in [0.4, 0.5) is 5.69 Å². The first-order valence-corrected chi connectivity index (χ1v) is 4.85. The van der Waals surface area contributed by atoms with Gasteiger partial charge < -0.3 is 0 Å². The summed E-state index contributed by atoms with van der Waals surface area (Å²) < 4.78 is 0. The van der Waals surface area contributed by atoms with Crippen LogP contribution in [0.3, 0.4) is 0 Å². The molecular formula is C13H12N2. The Morgan fingerprint density at radius 3 is 2.00 bits per heavy atom. The summed E-state index contributed by atoms with van der Waals surface area (Å²) in [6.07, 6.45) is 7.86. The molecular weight excluding hydrogens is 184 g/mol. The molecule has 0 saturated heterocycles. The molecule has 74 valence electrons. The van der Waals surface area contributed by atoms with Crippen LogP contribution in [0.25, 0.3) is 0 Å². The van der Waals surface area contributed by atoms with Gasteiger partial charge in [-0.15, -0.1) is 0 Å². The van der Waals surface area contributed by atoms with Gasteiger partial charge in [-0.05, 0) is 36.4 Å². The number of aliphatic imine (C=N–C) groups is 2. The lowest BCUT2D eigenvalue weighted by Gasteiger charge is -2.01. The normalized spacial score (nSPS) is 14.2. The summed E-state index contributed by atoms with van der Waals surface area (Å²) in [6.45, 7) is 0. The molecule has 0 bridgehead atoms. The van der Waals surface area contributed by atoms with E-state index in [0.717, 1.165) is 17.1 Å². The van der Waals surface area contributed by atoms with E-state index in [2.05, 4.69) is 9.98 Å². The smallest absolute Gasteiger partial charge is 0.0638 e. The van der Waals surface area contributed by atoms with Crippen LogP contribution in [0.1, 0.15) is 0 Å². The highest BCUT2D eigenvalue weighted by Gasteiger charge is 1.97. The lowest BCUT2D eigenvalue weighted by molar-refractivity contribution is 1.45. The average Bonchev–Trinajstić information content (AvgIpc) is 2.31. The first-order valence-electron chi connectivity index (χ1n) is 4.85. The van der Waals surface area contributed by atoms with E-state index in [1.165, 1.54) is 0 Å². The third-order valence-corrected chi connectivity index (χ3v) is 2.12. The van der Waals surface area contributed by atoms with Gasteiger partial charge in [-0.3, -0.25) is 4.99 Å². The molecule has 1 aliphatic rings. The van der Waals surface area contributed by atoms with Gasteiger partial charge >= 0.3 is 0 Å². The van der Waals surface area contributed by atoms with Gasteiger partial charge in [-0.1, -0.05) is 18.2 Å². The maximum absolute atomic E-state index is 4.47. The van der Waals surface area contributed by atoms with Crippen molar-refractivity contribution in [3.63, 3.8) is 0 Å². The molecule has 1 aromatic rings. The molecule has 0 saturated carbocycles. The first kappa shape index (κ1) is 9.59. The molecule has 15 heavy (non-hydrogen) atoms. The first-order chi connectivity index (χ1) is 7.38. The quantitative estimate of drug-likeness (QED) is 0.617. The molecule has 0 fully saturated rings. The topological polar surface area (TPSA) is 24.7 Å². The average molecular weight is 196 g/mol. The van der Waals surface area contributed by atoms with Crippen molar-refractivity contribution in [2.24, 2.45) is 9.98 Å². The summed E-state index contributed by atoms with van der Waals surface area (Å²) in [5, 5.41) is 0.